The van der Waals surface area contributed by atoms with Crippen LogP contribution in [0.25, 0.3) is 11.1 Å². The van der Waals surface area contributed by atoms with E-state index in [-0.39, 0.29) is 23.4 Å². The fourth-order valence-corrected chi connectivity index (χ4v) is 3.53. The Hall–Kier alpha value is -4.15. The van der Waals surface area contributed by atoms with Gasteiger partial charge < -0.3 is 10.5 Å². The lowest BCUT2D eigenvalue weighted by molar-refractivity contribution is -0.606. The normalized spacial score (nSPS) is 11.2. The van der Waals surface area contributed by atoms with Gasteiger partial charge in [0.25, 0.3) is 5.91 Å². The minimum Gasteiger partial charge on any atom is -0.619 e. The van der Waals surface area contributed by atoms with Gasteiger partial charge in [-0.1, -0.05) is 43.3 Å². The molecule has 0 radical (unpaired) electrons. The number of hydrogen-bond donors (Lipinski definition) is 2. The van der Waals surface area contributed by atoms with Crippen LogP contribution in [0.4, 0.5) is 22.4 Å². The zero-order chi connectivity index (χ0) is 26.5. The van der Waals surface area contributed by atoms with Crippen molar-refractivity contribution in [1.82, 2.24) is 15.8 Å². The Morgan fingerprint density at radius 2 is 1.75 bits per heavy atom. The number of benzene rings is 2. The first kappa shape index (κ1) is 26.5. The molecule has 0 aliphatic rings. The molecule has 7 nitrogen and oxygen atoms in total. The largest absolute Gasteiger partial charge is 0.619 e. The van der Waals surface area contributed by atoms with Crippen molar-refractivity contribution >= 4 is 11.9 Å². The number of amides is 3. The molecule has 3 aromatic rings. The van der Waals surface area contributed by atoms with E-state index in [0.717, 1.165) is 22.6 Å². The van der Waals surface area contributed by atoms with Crippen molar-refractivity contribution < 1.29 is 31.9 Å². The van der Waals surface area contributed by atoms with Gasteiger partial charge in [0.05, 0.1) is 0 Å². The number of nitrogens with zero attached hydrogens (tertiary/aromatic N) is 2. The number of hydrazine groups is 1. The van der Waals surface area contributed by atoms with Gasteiger partial charge in [0.2, 0.25) is 0 Å². The molecule has 0 bridgehead atoms. The average molecular weight is 504 g/mol. The molecule has 1 heterocycles. The van der Waals surface area contributed by atoms with Crippen molar-refractivity contribution in [2.45, 2.75) is 33.0 Å². The monoisotopic (exact) mass is 504 g/mol. The first-order chi connectivity index (χ1) is 17.0. The van der Waals surface area contributed by atoms with Crippen molar-refractivity contribution in [3.63, 3.8) is 0 Å². The lowest BCUT2D eigenvalue weighted by Gasteiger charge is -2.22. The molecule has 0 fully saturated rings. The SMILES string of the molecule is CCc1ccccc1-c1ccc(CNC(=O)N(CC)NC(=O)c2cc(C(F)(F)F)c[n+]([O-])c2)c(F)c1. The topological polar surface area (TPSA) is 88.4 Å². The highest BCUT2D eigenvalue weighted by Crippen LogP contribution is 2.29. The summed E-state index contributed by atoms with van der Waals surface area (Å²) in [5.74, 6) is -1.62. The number of carbonyl (C=O) groups excluding carboxylic acids is 2. The summed E-state index contributed by atoms with van der Waals surface area (Å²) < 4.78 is 53.4. The Morgan fingerprint density at radius 3 is 2.39 bits per heavy atom. The molecule has 36 heavy (non-hydrogen) atoms. The van der Waals surface area contributed by atoms with E-state index in [1.807, 2.05) is 31.2 Å². The third-order valence-electron chi connectivity index (χ3n) is 5.42. The molecule has 3 amide bonds. The number of halogens is 4. The highest BCUT2D eigenvalue weighted by Gasteiger charge is 2.34. The highest BCUT2D eigenvalue weighted by molar-refractivity contribution is 5.95. The third kappa shape index (κ3) is 6.29. The highest BCUT2D eigenvalue weighted by atomic mass is 19.4. The van der Waals surface area contributed by atoms with E-state index in [0.29, 0.717) is 24.0 Å². The number of nitrogens with one attached hydrogen (secondary N) is 2. The van der Waals surface area contributed by atoms with Gasteiger partial charge in [-0.15, -0.1) is 0 Å². The number of carbonyl (C=O) groups is 2. The number of urea groups is 1. The van der Waals surface area contributed by atoms with Crippen LogP contribution in [-0.4, -0.2) is 23.5 Å². The van der Waals surface area contributed by atoms with E-state index in [9.17, 15) is 32.4 Å². The summed E-state index contributed by atoms with van der Waals surface area (Å²) in [6.07, 6.45) is -3.10. The molecular formula is C25H24F4N4O3. The van der Waals surface area contributed by atoms with Crippen LogP contribution in [0, 0.1) is 11.0 Å². The fraction of sp³-hybridized carbons (Fsp3) is 0.240. The molecule has 190 valence electrons. The zero-order valence-corrected chi connectivity index (χ0v) is 19.5. The summed E-state index contributed by atoms with van der Waals surface area (Å²) in [4.78, 5) is 24.9. The Morgan fingerprint density at radius 1 is 1.03 bits per heavy atom. The Bertz CT molecular complexity index is 1260. The van der Waals surface area contributed by atoms with Gasteiger partial charge in [0.1, 0.15) is 16.9 Å². The minimum atomic E-state index is -4.83. The van der Waals surface area contributed by atoms with Crippen molar-refractivity contribution in [3.8, 4) is 11.1 Å². The maximum atomic E-state index is 14.7. The summed E-state index contributed by atoms with van der Waals surface area (Å²) >= 11 is 0. The van der Waals surface area contributed by atoms with Crippen LogP contribution in [0.2, 0.25) is 0 Å². The number of pyridine rings is 1. The molecule has 2 aromatic carbocycles. The van der Waals surface area contributed by atoms with Crippen LogP contribution in [0.15, 0.2) is 60.9 Å². The van der Waals surface area contributed by atoms with Crippen molar-refractivity contribution in [2.24, 2.45) is 0 Å². The Kier molecular flexibility index (Phi) is 8.13. The van der Waals surface area contributed by atoms with Gasteiger partial charge in [-0.3, -0.25) is 10.2 Å². The Balaban J connectivity index is 1.67. The molecule has 0 aliphatic carbocycles. The standard InChI is InChI=1S/C25H24F4N4O3/c1-3-16-7-5-6-8-21(16)17-9-10-18(22(26)12-17)13-30-24(35)33(4-2)31-23(34)19-11-20(25(27,28)29)15-32(36)14-19/h5-12,14-15H,3-4,13H2,1-2H3,(H,30,35)(H,31,34). The molecule has 0 unspecified atom stereocenters. The predicted molar refractivity (Wildman–Crippen MR) is 124 cm³/mol. The van der Waals surface area contributed by atoms with E-state index < -0.39 is 35.1 Å². The number of alkyl halides is 3. The number of rotatable bonds is 6. The minimum absolute atomic E-state index is 0.0524. The van der Waals surface area contributed by atoms with Crippen molar-refractivity contribution in [1.29, 1.82) is 0 Å². The molecular weight excluding hydrogens is 480 g/mol. The van der Waals surface area contributed by atoms with Crippen LogP contribution in [0.5, 0.6) is 0 Å². The summed E-state index contributed by atoms with van der Waals surface area (Å²) in [7, 11) is 0. The summed E-state index contributed by atoms with van der Waals surface area (Å²) in [6, 6.07) is 12.0. The van der Waals surface area contributed by atoms with Gasteiger partial charge in [0.15, 0.2) is 12.4 Å². The zero-order valence-electron chi connectivity index (χ0n) is 19.5. The van der Waals surface area contributed by atoms with Crippen LogP contribution in [0.1, 0.15) is 40.9 Å². The van der Waals surface area contributed by atoms with Gasteiger partial charge >= 0.3 is 12.2 Å². The molecule has 0 saturated carbocycles. The van der Waals surface area contributed by atoms with E-state index >= 15 is 0 Å². The lowest BCUT2D eigenvalue weighted by Crippen LogP contribution is -2.50. The molecule has 3 rings (SSSR count). The molecule has 0 saturated heterocycles. The molecule has 1 aromatic heterocycles. The summed E-state index contributed by atoms with van der Waals surface area (Å²) in [6.45, 7) is 3.27. The molecule has 2 N–H and O–H groups in total. The predicted octanol–water partition coefficient (Wildman–Crippen LogP) is 4.58. The van der Waals surface area contributed by atoms with Crippen LogP contribution in [0.3, 0.4) is 0 Å². The number of aryl methyl sites for hydroxylation is 1. The first-order valence-electron chi connectivity index (χ1n) is 11.1. The maximum Gasteiger partial charge on any atom is 0.422 e. The Labute approximate surface area is 204 Å². The summed E-state index contributed by atoms with van der Waals surface area (Å²) in [5, 5.41) is 14.8. The van der Waals surface area contributed by atoms with Gasteiger partial charge in [-0.05, 0) is 42.2 Å². The van der Waals surface area contributed by atoms with Crippen LogP contribution < -0.4 is 15.5 Å². The van der Waals surface area contributed by atoms with Crippen molar-refractivity contribution in [3.05, 3.63) is 94.2 Å². The molecule has 0 aliphatic heterocycles. The van der Waals surface area contributed by atoms with Gasteiger partial charge in [-0.25, -0.2) is 14.2 Å². The van der Waals surface area contributed by atoms with Crippen LogP contribution in [-0.2, 0) is 19.1 Å². The lowest BCUT2D eigenvalue weighted by atomic mass is 9.97. The van der Waals surface area contributed by atoms with Crippen LogP contribution >= 0.6 is 0 Å². The van der Waals surface area contributed by atoms with E-state index in [2.05, 4.69) is 10.7 Å². The summed E-state index contributed by atoms with van der Waals surface area (Å²) in [5.41, 5.74) is 3.13. The average Bonchev–Trinajstić information content (AvgIpc) is 2.85. The van der Waals surface area contributed by atoms with E-state index in [1.54, 1.807) is 12.1 Å². The number of hydrogen-bond acceptors (Lipinski definition) is 3. The third-order valence-corrected chi connectivity index (χ3v) is 5.42. The first-order valence-corrected chi connectivity index (χ1v) is 11.1. The second-order valence-corrected chi connectivity index (χ2v) is 7.83. The van der Waals surface area contributed by atoms with E-state index in [4.69, 9.17) is 0 Å². The van der Waals surface area contributed by atoms with Crippen molar-refractivity contribution in [2.75, 3.05) is 6.54 Å². The molecule has 0 spiro atoms. The molecule has 0 atom stereocenters. The van der Waals surface area contributed by atoms with Gasteiger partial charge in [-0.2, -0.15) is 17.9 Å². The quantitative estimate of drug-likeness (QED) is 0.223. The van der Waals surface area contributed by atoms with Gasteiger partial charge in [0, 0.05) is 18.7 Å². The maximum absolute atomic E-state index is 14.7. The number of aromatic nitrogens is 1. The second-order valence-electron chi connectivity index (χ2n) is 7.83. The molecule has 11 heteroatoms. The van der Waals surface area contributed by atoms with E-state index in [1.165, 1.54) is 13.0 Å². The second kappa shape index (κ2) is 11.1. The smallest absolute Gasteiger partial charge is 0.422 e. The fourth-order valence-electron chi connectivity index (χ4n) is 3.53.